The van der Waals surface area contributed by atoms with Gasteiger partial charge in [-0.3, -0.25) is 0 Å². The van der Waals surface area contributed by atoms with E-state index in [2.05, 4.69) is 9.97 Å². The minimum Gasteiger partial charge on any atom is -1.00 e. The smallest absolute Gasteiger partial charge is 1.00 e. The third-order valence-corrected chi connectivity index (χ3v) is 2.68. The maximum Gasteiger partial charge on any atom is 1.00 e. The van der Waals surface area contributed by atoms with Crippen molar-refractivity contribution in [1.29, 1.82) is 0 Å². The van der Waals surface area contributed by atoms with E-state index in [0.717, 1.165) is 19.4 Å². The van der Waals surface area contributed by atoms with Crippen LogP contribution in [0.1, 0.15) is 26.4 Å². The molecule has 86 valence electrons. The van der Waals surface area contributed by atoms with Crippen LogP contribution in [0.4, 0.5) is 0 Å². The van der Waals surface area contributed by atoms with Gasteiger partial charge in [-0.15, -0.1) is 0 Å². The van der Waals surface area contributed by atoms with Crippen molar-refractivity contribution in [2.24, 2.45) is 5.73 Å². The number of aryl methyl sites for hydroxylation is 1. The van der Waals surface area contributed by atoms with E-state index in [1.54, 1.807) is 6.33 Å². The van der Waals surface area contributed by atoms with Gasteiger partial charge < -0.3 is 17.0 Å². The maximum atomic E-state index is 5.47. The molecule has 0 saturated heterocycles. The Balaban J connectivity index is 0. The van der Waals surface area contributed by atoms with Crippen LogP contribution in [0.25, 0.3) is 0 Å². The number of imidazole rings is 1. The number of hydrogen-bond donors (Lipinski definition) is 2. The van der Waals surface area contributed by atoms with E-state index < -0.39 is 0 Å². The Kier molecular flexibility index (Phi) is 8.93. The fraction of sp³-hybridized carbons (Fsp3) is 0.600. The van der Waals surface area contributed by atoms with E-state index >= 15 is 0 Å². The van der Waals surface area contributed by atoms with Crippen molar-refractivity contribution in [3.63, 3.8) is 0 Å². The molecule has 0 saturated carbocycles. The van der Waals surface area contributed by atoms with E-state index in [9.17, 15) is 0 Å². The van der Waals surface area contributed by atoms with Crippen molar-refractivity contribution in [1.82, 2.24) is 14.9 Å². The Morgan fingerprint density at radius 1 is 1.56 bits per heavy atom. The van der Waals surface area contributed by atoms with Crippen LogP contribution < -0.4 is 35.3 Å². The zero-order valence-corrected chi connectivity index (χ0v) is 12.9. The first-order valence-corrected chi connectivity index (χ1v) is 5.59. The van der Waals surface area contributed by atoms with Gasteiger partial charge in [0.05, 0.1) is 6.33 Å². The van der Waals surface area contributed by atoms with E-state index in [1.807, 2.05) is 18.1 Å². The minimum absolute atomic E-state index is 0. The molecule has 0 unspecified atom stereocenters. The van der Waals surface area contributed by atoms with Crippen LogP contribution in [0.2, 0.25) is 0 Å². The van der Waals surface area contributed by atoms with Crippen LogP contribution in [0, 0.1) is 0 Å². The summed E-state index contributed by atoms with van der Waals surface area (Å²) in [5, 5.41) is 0.476. The third-order valence-electron chi connectivity index (χ3n) is 2.37. The molecule has 1 heterocycles. The summed E-state index contributed by atoms with van der Waals surface area (Å²) in [4.78, 5) is 8.98. The summed E-state index contributed by atoms with van der Waals surface area (Å²) < 4.78 is 0. The number of hydrogen-bond acceptors (Lipinski definition) is 2. The summed E-state index contributed by atoms with van der Waals surface area (Å²) >= 11 is 4.85. The zero-order chi connectivity index (χ0) is 11.1. The molecule has 0 bridgehead atoms. The monoisotopic (exact) mass is 250 g/mol. The van der Waals surface area contributed by atoms with Crippen molar-refractivity contribution < 1.29 is 31.0 Å². The Bertz CT molecular complexity index is 295. The standard InChI is InChI=1S/C10H18N4S.Na.H/c1-14(10(11)15)6-4-2-3-5-9-7-12-8-13-9;;/h7-8H,2-6H2,1H3,(H2,11,15)(H,12,13);;/q;+1;-1. The number of thiocarbonyl (C=S) groups is 1. The van der Waals surface area contributed by atoms with Crippen molar-refractivity contribution in [3.8, 4) is 0 Å². The fourth-order valence-electron chi connectivity index (χ4n) is 1.37. The topological polar surface area (TPSA) is 57.9 Å². The number of nitrogens with zero attached hydrogens (tertiary/aromatic N) is 2. The first-order chi connectivity index (χ1) is 7.20. The van der Waals surface area contributed by atoms with E-state index in [0.29, 0.717) is 5.11 Å². The Morgan fingerprint density at radius 2 is 2.31 bits per heavy atom. The second-order valence-corrected chi connectivity index (χ2v) is 4.07. The van der Waals surface area contributed by atoms with Crippen LogP contribution in [0.5, 0.6) is 0 Å². The fourth-order valence-corrected chi connectivity index (χ4v) is 1.46. The van der Waals surface area contributed by atoms with Gasteiger partial charge >= 0.3 is 29.6 Å². The minimum atomic E-state index is 0. The van der Waals surface area contributed by atoms with Crippen LogP contribution in [0.3, 0.4) is 0 Å². The molecule has 16 heavy (non-hydrogen) atoms. The van der Waals surface area contributed by atoms with E-state index in [4.69, 9.17) is 18.0 Å². The maximum absolute atomic E-state index is 5.47. The summed E-state index contributed by atoms with van der Waals surface area (Å²) in [6.07, 6.45) is 8.15. The molecule has 4 nitrogen and oxygen atoms in total. The zero-order valence-electron chi connectivity index (χ0n) is 11.1. The van der Waals surface area contributed by atoms with Crippen molar-refractivity contribution >= 4 is 17.3 Å². The van der Waals surface area contributed by atoms with Crippen molar-refractivity contribution in [3.05, 3.63) is 18.2 Å². The molecule has 0 amide bonds. The van der Waals surface area contributed by atoms with Gasteiger partial charge in [0.15, 0.2) is 5.11 Å². The number of aromatic amines is 1. The number of aromatic nitrogens is 2. The van der Waals surface area contributed by atoms with Crippen LogP contribution >= 0.6 is 12.2 Å². The second kappa shape index (κ2) is 8.98. The van der Waals surface area contributed by atoms with Crippen LogP contribution in [0.15, 0.2) is 12.5 Å². The molecule has 0 radical (unpaired) electrons. The molecule has 3 N–H and O–H groups in total. The van der Waals surface area contributed by atoms with Gasteiger partial charge in [0.1, 0.15) is 0 Å². The third kappa shape index (κ3) is 6.48. The predicted octanol–water partition coefficient (Wildman–Crippen LogP) is -1.59. The Labute approximate surface area is 126 Å². The summed E-state index contributed by atoms with van der Waals surface area (Å²) in [7, 11) is 1.93. The van der Waals surface area contributed by atoms with Gasteiger partial charge in [0, 0.05) is 25.5 Å². The second-order valence-electron chi connectivity index (χ2n) is 3.65. The summed E-state index contributed by atoms with van der Waals surface area (Å²) in [6, 6.07) is 0. The summed E-state index contributed by atoms with van der Waals surface area (Å²) in [5.74, 6) is 0. The molecule has 0 atom stereocenters. The molecular weight excluding hydrogens is 231 g/mol. The van der Waals surface area contributed by atoms with Gasteiger partial charge in [0.25, 0.3) is 0 Å². The van der Waals surface area contributed by atoms with Crippen molar-refractivity contribution in [2.45, 2.75) is 25.7 Å². The SMILES string of the molecule is CN(CCCCCc1cnc[nH]1)C(N)=S.[H-].[Na+]. The van der Waals surface area contributed by atoms with Crippen LogP contribution in [-0.4, -0.2) is 33.6 Å². The van der Waals surface area contributed by atoms with Gasteiger partial charge in [-0.2, -0.15) is 0 Å². The van der Waals surface area contributed by atoms with Crippen molar-refractivity contribution in [2.75, 3.05) is 13.6 Å². The molecule has 0 aliphatic rings. The predicted molar refractivity (Wildman–Crippen MR) is 66.7 cm³/mol. The first kappa shape index (κ1) is 15.9. The van der Waals surface area contributed by atoms with E-state index in [1.165, 1.54) is 18.5 Å². The van der Waals surface area contributed by atoms with Gasteiger partial charge in [-0.25, -0.2) is 4.98 Å². The van der Waals surface area contributed by atoms with Gasteiger partial charge in [-0.1, -0.05) is 6.42 Å². The molecule has 1 aromatic heterocycles. The number of rotatable bonds is 6. The van der Waals surface area contributed by atoms with Gasteiger partial charge in [-0.05, 0) is 31.5 Å². The molecule has 0 fully saturated rings. The molecule has 6 heteroatoms. The molecular formula is C10H19N4NaS. The number of unbranched alkanes of at least 4 members (excludes halogenated alkanes) is 2. The average Bonchev–Trinajstić information content (AvgIpc) is 2.69. The molecule has 1 aromatic rings. The molecule has 0 spiro atoms. The number of nitrogens with one attached hydrogen (secondary N) is 1. The van der Waals surface area contributed by atoms with Crippen LogP contribution in [-0.2, 0) is 6.42 Å². The van der Waals surface area contributed by atoms with E-state index in [-0.39, 0.29) is 31.0 Å². The molecule has 0 aromatic carbocycles. The molecule has 0 aliphatic heterocycles. The van der Waals surface area contributed by atoms with Gasteiger partial charge in [0.2, 0.25) is 0 Å². The normalized spacial score (nSPS) is 9.56. The number of nitrogens with two attached hydrogens (primary N) is 1. The number of H-pyrrole nitrogens is 1. The summed E-state index contributed by atoms with van der Waals surface area (Å²) in [6.45, 7) is 0.943. The largest absolute Gasteiger partial charge is 1.00 e. The molecule has 1 rings (SSSR count). The first-order valence-electron chi connectivity index (χ1n) is 5.18. The average molecular weight is 250 g/mol. The Hall–Kier alpha value is -0.100. The quantitative estimate of drug-likeness (QED) is 0.363. The Morgan fingerprint density at radius 3 is 2.88 bits per heavy atom. The molecule has 0 aliphatic carbocycles. The summed E-state index contributed by atoms with van der Waals surface area (Å²) in [5.41, 5.74) is 6.68.